The summed E-state index contributed by atoms with van der Waals surface area (Å²) in [5.41, 5.74) is 6.74. The van der Waals surface area contributed by atoms with Crippen molar-refractivity contribution in [3.8, 4) is 0 Å². The molecule has 1 atom stereocenters. The van der Waals surface area contributed by atoms with Crippen molar-refractivity contribution in [2.75, 3.05) is 0 Å². The van der Waals surface area contributed by atoms with Gasteiger partial charge in [0, 0.05) is 18.3 Å². The topological polar surface area (TPSA) is 93.6 Å². The van der Waals surface area contributed by atoms with Gasteiger partial charge in [-0.1, -0.05) is 5.16 Å². The number of nitrogens with zero attached hydrogens (tertiary/aromatic N) is 3. The molecule has 68 valence electrons. The Bertz CT molecular complexity index is 341. The van der Waals surface area contributed by atoms with Gasteiger partial charge in [-0.15, -0.1) is 0 Å². The lowest BCUT2D eigenvalue weighted by Gasteiger charge is -2.03. The Hall–Kier alpha value is -1.69. The van der Waals surface area contributed by atoms with Crippen LogP contribution in [0, 0.1) is 0 Å². The molecule has 0 saturated carbocycles. The molecule has 0 aliphatic rings. The number of nitrogens with one attached hydrogen (secondary N) is 1. The van der Waals surface area contributed by atoms with Crippen molar-refractivity contribution >= 4 is 0 Å². The first kappa shape index (κ1) is 7.93. The smallest absolute Gasteiger partial charge is 0.243 e. The minimum atomic E-state index is -0.275. The zero-order chi connectivity index (χ0) is 9.10. The first-order valence-electron chi connectivity index (χ1n) is 3.85. The van der Waals surface area contributed by atoms with Gasteiger partial charge in [-0.3, -0.25) is 0 Å². The van der Waals surface area contributed by atoms with Crippen molar-refractivity contribution in [1.82, 2.24) is 20.1 Å². The summed E-state index contributed by atoms with van der Waals surface area (Å²) in [5, 5.41) is 3.48. The molecule has 6 nitrogen and oxygen atoms in total. The van der Waals surface area contributed by atoms with Crippen LogP contribution in [-0.2, 0) is 6.42 Å². The molecule has 2 heterocycles. The Balaban J connectivity index is 2.04. The van der Waals surface area contributed by atoms with Crippen molar-refractivity contribution in [2.45, 2.75) is 12.5 Å². The van der Waals surface area contributed by atoms with Crippen molar-refractivity contribution in [1.29, 1.82) is 0 Å². The van der Waals surface area contributed by atoms with Crippen molar-refractivity contribution in [3.05, 3.63) is 30.4 Å². The van der Waals surface area contributed by atoms with Crippen molar-refractivity contribution < 1.29 is 4.52 Å². The molecule has 0 radical (unpaired) electrons. The van der Waals surface area contributed by atoms with Gasteiger partial charge in [-0.05, 0) is 0 Å². The summed E-state index contributed by atoms with van der Waals surface area (Å²) in [4.78, 5) is 10.7. The van der Waals surface area contributed by atoms with Gasteiger partial charge in [0.1, 0.15) is 0 Å². The minimum absolute atomic E-state index is 0.275. The van der Waals surface area contributed by atoms with E-state index in [1.165, 1.54) is 6.33 Å². The lowest BCUT2D eigenvalue weighted by Crippen LogP contribution is -2.13. The zero-order valence-corrected chi connectivity index (χ0v) is 6.84. The number of hydrogen-bond donors (Lipinski definition) is 2. The van der Waals surface area contributed by atoms with Gasteiger partial charge in [0.05, 0.1) is 12.4 Å². The summed E-state index contributed by atoms with van der Waals surface area (Å²) in [7, 11) is 0. The minimum Gasteiger partial charge on any atom is -0.348 e. The lowest BCUT2D eigenvalue weighted by molar-refractivity contribution is 0.353. The summed E-state index contributed by atoms with van der Waals surface area (Å²) in [6, 6.07) is -0.275. The molecule has 0 aliphatic heterocycles. The number of aromatic amines is 1. The summed E-state index contributed by atoms with van der Waals surface area (Å²) in [6.45, 7) is 0. The van der Waals surface area contributed by atoms with E-state index in [-0.39, 0.29) is 6.04 Å². The van der Waals surface area contributed by atoms with Gasteiger partial charge in [-0.2, -0.15) is 4.98 Å². The van der Waals surface area contributed by atoms with Crippen molar-refractivity contribution in [3.63, 3.8) is 0 Å². The lowest BCUT2D eigenvalue weighted by atomic mass is 10.2. The van der Waals surface area contributed by atoms with Crippen LogP contribution in [-0.4, -0.2) is 20.1 Å². The van der Waals surface area contributed by atoms with Crippen LogP contribution in [0.25, 0.3) is 0 Å². The van der Waals surface area contributed by atoms with Crippen LogP contribution in [0.3, 0.4) is 0 Å². The maximum absolute atomic E-state index is 5.79. The van der Waals surface area contributed by atoms with Crippen LogP contribution >= 0.6 is 0 Å². The summed E-state index contributed by atoms with van der Waals surface area (Å²) in [6.07, 6.45) is 5.27. The standard InChI is InChI=1S/C7H9N5O/c8-6(7-11-4-12-13-7)1-5-2-9-3-10-5/h2-4,6H,1,8H2,(H,9,10)/t6-/m0/s1. The van der Waals surface area contributed by atoms with E-state index < -0.39 is 0 Å². The van der Waals surface area contributed by atoms with Gasteiger partial charge < -0.3 is 15.2 Å². The predicted octanol–water partition coefficient (Wildman–Crippen LogP) is 0.0352. The molecule has 2 rings (SSSR count). The van der Waals surface area contributed by atoms with Gasteiger partial charge in [0.25, 0.3) is 0 Å². The first-order chi connectivity index (χ1) is 6.36. The van der Waals surface area contributed by atoms with E-state index in [9.17, 15) is 0 Å². The van der Waals surface area contributed by atoms with Gasteiger partial charge >= 0.3 is 0 Å². The Labute approximate surface area is 74.2 Å². The molecular weight excluding hydrogens is 170 g/mol. The maximum Gasteiger partial charge on any atom is 0.243 e. The molecule has 13 heavy (non-hydrogen) atoms. The Kier molecular flexibility index (Phi) is 2.05. The number of nitrogens with two attached hydrogens (primary N) is 1. The zero-order valence-electron chi connectivity index (χ0n) is 6.84. The molecule has 0 fully saturated rings. The number of rotatable bonds is 3. The number of hydrogen-bond acceptors (Lipinski definition) is 5. The molecular formula is C7H9N5O. The summed E-state index contributed by atoms with van der Waals surface area (Å²) in [5.74, 6) is 0.439. The third-order valence-electron chi connectivity index (χ3n) is 1.69. The Morgan fingerprint density at radius 1 is 1.62 bits per heavy atom. The second kappa shape index (κ2) is 3.36. The van der Waals surface area contributed by atoms with Crippen molar-refractivity contribution in [2.24, 2.45) is 5.73 Å². The van der Waals surface area contributed by atoms with Gasteiger partial charge in [0.2, 0.25) is 5.89 Å². The van der Waals surface area contributed by atoms with Crippen LogP contribution in [0.4, 0.5) is 0 Å². The highest BCUT2D eigenvalue weighted by Gasteiger charge is 2.12. The monoisotopic (exact) mass is 179 g/mol. The molecule has 0 amide bonds. The molecule has 3 N–H and O–H groups in total. The van der Waals surface area contributed by atoms with Gasteiger partial charge in [-0.25, -0.2) is 4.98 Å². The number of H-pyrrole nitrogens is 1. The highest BCUT2D eigenvalue weighted by molar-refractivity contribution is 5.00. The molecule has 0 aromatic carbocycles. The quantitative estimate of drug-likeness (QED) is 0.693. The fourth-order valence-corrected chi connectivity index (χ4v) is 1.07. The molecule has 2 aromatic heterocycles. The van der Waals surface area contributed by atoms with E-state index >= 15 is 0 Å². The highest BCUT2D eigenvalue weighted by atomic mass is 16.5. The highest BCUT2D eigenvalue weighted by Crippen LogP contribution is 2.10. The van der Waals surface area contributed by atoms with Crippen LogP contribution in [0.15, 0.2) is 23.4 Å². The van der Waals surface area contributed by atoms with Crippen LogP contribution in [0.5, 0.6) is 0 Å². The molecule has 0 bridgehead atoms. The average Bonchev–Trinajstić information content (AvgIpc) is 2.74. The maximum atomic E-state index is 5.79. The Morgan fingerprint density at radius 3 is 3.15 bits per heavy atom. The van der Waals surface area contributed by atoms with Crippen LogP contribution in [0.2, 0.25) is 0 Å². The fraction of sp³-hybridized carbons (Fsp3) is 0.286. The average molecular weight is 179 g/mol. The molecule has 0 spiro atoms. The summed E-state index contributed by atoms with van der Waals surface area (Å²) >= 11 is 0. The fourth-order valence-electron chi connectivity index (χ4n) is 1.07. The molecule has 0 saturated heterocycles. The summed E-state index contributed by atoms with van der Waals surface area (Å²) < 4.78 is 4.82. The van der Waals surface area contributed by atoms with Crippen LogP contribution < -0.4 is 5.73 Å². The number of imidazole rings is 1. The van der Waals surface area contributed by atoms with E-state index in [0.717, 1.165) is 5.69 Å². The number of aromatic nitrogens is 4. The molecule has 0 aliphatic carbocycles. The largest absolute Gasteiger partial charge is 0.348 e. The van der Waals surface area contributed by atoms with E-state index in [1.807, 2.05) is 0 Å². The predicted molar refractivity (Wildman–Crippen MR) is 43.5 cm³/mol. The molecule has 0 unspecified atom stereocenters. The first-order valence-corrected chi connectivity index (χ1v) is 3.85. The Morgan fingerprint density at radius 2 is 2.54 bits per heavy atom. The molecule has 6 heteroatoms. The third-order valence-corrected chi connectivity index (χ3v) is 1.69. The second-order valence-electron chi connectivity index (χ2n) is 2.67. The molecule has 2 aromatic rings. The SMILES string of the molecule is N[C@@H](Cc1cnc[nH]1)c1ncno1. The third kappa shape index (κ3) is 1.73. The second-order valence-corrected chi connectivity index (χ2v) is 2.67. The normalized spacial score (nSPS) is 13.0. The van der Waals surface area contributed by atoms with E-state index in [4.69, 9.17) is 10.3 Å². The van der Waals surface area contributed by atoms with E-state index in [2.05, 4.69) is 20.1 Å². The van der Waals surface area contributed by atoms with E-state index in [0.29, 0.717) is 12.3 Å². The van der Waals surface area contributed by atoms with Gasteiger partial charge in [0.15, 0.2) is 6.33 Å². The van der Waals surface area contributed by atoms with Crippen LogP contribution in [0.1, 0.15) is 17.6 Å². The van der Waals surface area contributed by atoms with E-state index in [1.54, 1.807) is 12.5 Å².